The number of benzene rings is 9. The Morgan fingerprint density at radius 1 is 0.114 bits per heavy atom. The van der Waals surface area contributed by atoms with Gasteiger partial charge in [-0.15, -0.1) is 49.2 Å². The summed E-state index contributed by atoms with van der Waals surface area (Å²) in [6, 6.07) is 0. The molecule has 0 saturated carbocycles. The lowest BCUT2D eigenvalue weighted by Gasteiger charge is -2.33. The summed E-state index contributed by atoms with van der Waals surface area (Å²) in [5.74, 6) is 0. The highest BCUT2D eigenvalue weighted by molar-refractivity contribution is 6.77. The third kappa shape index (κ3) is 7.52. The van der Waals surface area contributed by atoms with Crippen molar-refractivity contribution in [3.8, 4) is 44.5 Å². The minimum Gasteiger partial charge on any atom is -0.457 e. The molecule has 0 aliphatic carbocycles. The van der Waals surface area contributed by atoms with Crippen molar-refractivity contribution in [3.63, 3.8) is 0 Å². The van der Waals surface area contributed by atoms with Crippen molar-refractivity contribution in [2.24, 2.45) is 0 Å². The highest BCUT2D eigenvalue weighted by Crippen LogP contribution is 2.40. The van der Waals surface area contributed by atoms with Gasteiger partial charge in [-0.05, 0) is 82.3 Å². The zero-order valence-electron chi connectivity index (χ0n) is 41.7. The molecule has 1 heterocycles. The standard InChI is InChI=1S/C48B30O/c49-17-7(35(67)46(78)48-16(17)15-18(50)9-14(36(68)47(15)79-48)34(66)42(74)41(73)31(9)63)1-3-5(21(53)39(71)37(69)19(3)51)2(6-4(1)20(52)38(70)40(72)22(6)54)8-23(55)25(57)10(26(58)24(8)56)11-27(59)29(61)12(30(62)28(11)60)13-32(64)43(75)45(77)44(76)33(13)65. The number of fused-ring (bicyclic) bond motifs is 6. The zero-order chi connectivity index (χ0) is 58.4. The SMILES string of the molecule is [B]c1c([B])c([B])c(-c2c([B])c([B])c(-c3c([B])c([B])c(-c4c5c([B])c([B])c([B])c([B])c5c(-c5c([B])c([B])c6oc7c([B])c8c([B])c([B])c([B])c([B])c8c([B])c7c6c5[B])c5c([B])c([B])c([B])c([B])c45)c([B])c3[B])c([B])c2[B])c([B])c1[B]. The zero-order valence-corrected chi connectivity index (χ0v) is 41.7. The third-order valence-electron chi connectivity index (χ3n) is 15.3. The molecular weight excluding hydrogens is 917 g/mol. The van der Waals surface area contributed by atoms with Crippen LogP contribution in [0.25, 0.3) is 98.8 Å². The van der Waals surface area contributed by atoms with Gasteiger partial charge in [0.25, 0.3) is 0 Å². The predicted molar refractivity (Wildman–Crippen MR) is 370 cm³/mol. The van der Waals surface area contributed by atoms with Crippen molar-refractivity contribution in [2.75, 3.05) is 0 Å². The van der Waals surface area contributed by atoms with Gasteiger partial charge in [-0.3, -0.25) is 0 Å². The van der Waals surface area contributed by atoms with Crippen LogP contribution < -0.4 is 164 Å². The van der Waals surface area contributed by atoms with Gasteiger partial charge in [-0.25, -0.2) is 0 Å². The van der Waals surface area contributed by atoms with Crippen LogP contribution in [0.3, 0.4) is 0 Å². The van der Waals surface area contributed by atoms with E-state index in [4.69, 9.17) is 240 Å². The minimum atomic E-state index is -0.302. The fraction of sp³-hybridized carbons (Fsp3) is 0. The summed E-state index contributed by atoms with van der Waals surface area (Å²) in [5.41, 5.74) is -5.95. The second-order valence-electron chi connectivity index (χ2n) is 19.2. The van der Waals surface area contributed by atoms with E-state index in [1.165, 1.54) is 0 Å². The molecule has 1 nitrogen and oxygen atoms in total. The van der Waals surface area contributed by atoms with Gasteiger partial charge in [-0.2, -0.15) is 0 Å². The molecule has 0 N–H and O–H groups in total. The Labute approximate surface area is 498 Å². The minimum absolute atomic E-state index is 0.00529. The first-order valence-corrected chi connectivity index (χ1v) is 23.1. The highest BCUT2D eigenvalue weighted by atomic mass is 16.3. The van der Waals surface area contributed by atoms with Crippen LogP contribution in [0.1, 0.15) is 0 Å². The molecule has 288 valence electrons. The topological polar surface area (TPSA) is 13.1 Å². The van der Waals surface area contributed by atoms with E-state index in [2.05, 4.69) is 0 Å². The van der Waals surface area contributed by atoms with E-state index in [9.17, 15) is 0 Å². The Balaban J connectivity index is 1.39. The fourth-order valence-electron chi connectivity index (χ4n) is 11.0. The Morgan fingerprint density at radius 3 is 0.595 bits per heavy atom. The smallest absolute Gasteiger partial charge is 0.128 e. The average Bonchev–Trinajstić information content (AvgIpc) is 3.96. The van der Waals surface area contributed by atoms with E-state index in [1.807, 2.05) is 0 Å². The summed E-state index contributed by atoms with van der Waals surface area (Å²) in [6.07, 6.45) is 0. The Kier molecular flexibility index (Phi) is 14.3. The van der Waals surface area contributed by atoms with E-state index < -0.39 is 0 Å². The van der Waals surface area contributed by atoms with E-state index in [-0.39, 0.29) is 263 Å². The monoisotopic (exact) mass is 922 g/mol. The number of rotatable bonds is 4. The molecule has 0 aliphatic rings. The van der Waals surface area contributed by atoms with Crippen molar-refractivity contribution in [2.45, 2.75) is 0 Å². The Morgan fingerprint density at radius 2 is 0.291 bits per heavy atom. The van der Waals surface area contributed by atoms with Gasteiger partial charge < -0.3 is 4.42 Å². The van der Waals surface area contributed by atoms with Crippen LogP contribution in [0.4, 0.5) is 0 Å². The van der Waals surface area contributed by atoms with Crippen LogP contribution >= 0.6 is 0 Å². The molecule has 60 radical (unpaired) electrons. The second kappa shape index (κ2) is 19.6. The summed E-state index contributed by atoms with van der Waals surface area (Å²) in [4.78, 5) is 0. The van der Waals surface area contributed by atoms with Crippen LogP contribution in [0.2, 0.25) is 0 Å². The van der Waals surface area contributed by atoms with Gasteiger partial charge in [0.1, 0.15) is 247 Å². The largest absolute Gasteiger partial charge is 0.457 e. The Hall–Kier alpha value is -4.49. The molecule has 0 aliphatic heterocycles. The van der Waals surface area contributed by atoms with Gasteiger partial charge in [0.15, 0.2) is 0 Å². The first kappa shape index (κ1) is 57.7. The predicted octanol–water partition coefficient (Wildman–Crippen LogP) is -22.5. The summed E-state index contributed by atoms with van der Waals surface area (Å²) < 4.78 is 6.37. The molecule has 9 aromatic carbocycles. The molecule has 0 bridgehead atoms. The maximum atomic E-state index is 7.35. The maximum Gasteiger partial charge on any atom is 0.128 e. The maximum absolute atomic E-state index is 7.35. The summed E-state index contributed by atoms with van der Waals surface area (Å²) in [5, 5.41) is 0.257. The van der Waals surface area contributed by atoms with Gasteiger partial charge in [0.2, 0.25) is 0 Å². The van der Waals surface area contributed by atoms with Crippen LogP contribution in [-0.2, 0) is 0 Å². The van der Waals surface area contributed by atoms with Gasteiger partial charge >= 0.3 is 0 Å². The van der Waals surface area contributed by atoms with Crippen LogP contribution in [-0.4, -0.2) is 235 Å². The van der Waals surface area contributed by atoms with E-state index >= 15 is 0 Å². The average molecular weight is 917 g/mol. The molecule has 31 heteroatoms. The van der Waals surface area contributed by atoms with Crippen molar-refractivity contribution < 1.29 is 4.42 Å². The van der Waals surface area contributed by atoms with Gasteiger partial charge in [-0.1, -0.05) is 109 Å². The quantitative estimate of drug-likeness (QED) is 0.127. The van der Waals surface area contributed by atoms with Crippen LogP contribution in [0.15, 0.2) is 4.42 Å². The van der Waals surface area contributed by atoms with Crippen LogP contribution in [0.5, 0.6) is 0 Å². The molecule has 79 heavy (non-hydrogen) atoms. The highest BCUT2D eigenvalue weighted by Gasteiger charge is 2.32. The molecule has 10 rings (SSSR count). The third-order valence-corrected chi connectivity index (χ3v) is 15.3. The van der Waals surface area contributed by atoms with E-state index in [0.29, 0.717) is 0 Å². The molecule has 1 aromatic heterocycles. The van der Waals surface area contributed by atoms with E-state index in [1.54, 1.807) is 0 Å². The van der Waals surface area contributed by atoms with Crippen molar-refractivity contribution in [3.05, 3.63) is 0 Å². The summed E-state index contributed by atoms with van der Waals surface area (Å²) in [6.45, 7) is 0. The summed E-state index contributed by atoms with van der Waals surface area (Å²) in [7, 11) is 203. The lowest BCUT2D eigenvalue weighted by molar-refractivity contribution is 0.675. The molecule has 0 amide bonds. The number of furan rings is 1. The fourth-order valence-corrected chi connectivity index (χ4v) is 11.0. The summed E-state index contributed by atoms with van der Waals surface area (Å²) >= 11 is 0. The van der Waals surface area contributed by atoms with Crippen molar-refractivity contribution in [1.82, 2.24) is 0 Å². The van der Waals surface area contributed by atoms with Crippen molar-refractivity contribution >= 4 is 454 Å². The molecule has 0 unspecified atom stereocenters. The molecular formula is C48B30O. The van der Waals surface area contributed by atoms with Gasteiger partial charge in [0, 0.05) is 10.8 Å². The molecule has 0 spiro atoms. The van der Waals surface area contributed by atoms with Crippen LogP contribution in [0, 0.1) is 0 Å². The first-order chi connectivity index (χ1) is 36.8. The van der Waals surface area contributed by atoms with E-state index in [0.717, 1.165) is 0 Å². The number of hydrogen-bond donors (Lipinski definition) is 0. The second-order valence-corrected chi connectivity index (χ2v) is 19.2. The molecule has 0 fully saturated rings. The normalized spacial score (nSPS) is 11.8. The Bertz CT molecular complexity index is 4430. The molecule has 10 aromatic rings. The molecule has 0 atom stereocenters. The van der Waals surface area contributed by atoms with Gasteiger partial charge in [0.05, 0.1) is 0 Å². The lowest BCUT2D eigenvalue weighted by Crippen LogP contribution is -2.57. The first-order valence-electron chi connectivity index (χ1n) is 23.1. The lowest BCUT2D eigenvalue weighted by atomic mass is 9.54. The van der Waals surface area contributed by atoms with Crippen molar-refractivity contribution in [1.29, 1.82) is 0 Å². The number of hydrogen-bond acceptors (Lipinski definition) is 1. The molecule has 0 saturated heterocycles.